The van der Waals surface area contributed by atoms with Crippen molar-refractivity contribution < 1.29 is 32.2 Å². The first-order chi connectivity index (χ1) is 15.8. The zero-order valence-corrected chi connectivity index (χ0v) is 19.1. The van der Waals surface area contributed by atoms with E-state index in [1.807, 2.05) is 0 Å². The van der Waals surface area contributed by atoms with Crippen LogP contribution in [-0.4, -0.2) is 58.5 Å². The number of anilines is 2. The highest BCUT2D eigenvalue weighted by atomic mass is 32.2. The highest BCUT2D eigenvalue weighted by molar-refractivity contribution is 7.89. The number of hydrogen-bond donors (Lipinski definition) is 2. The predicted molar refractivity (Wildman–Crippen MR) is 120 cm³/mol. The Morgan fingerprint density at radius 1 is 1.18 bits per heavy atom. The molecule has 0 saturated carbocycles. The molecule has 2 heterocycles. The van der Waals surface area contributed by atoms with Gasteiger partial charge in [0.05, 0.1) is 36.4 Å². The van der Waals surface area contributed by atoms with E-state index in [0.717, 1.165) is 0 Å². The second-order valence-corrected chi connectivity index (χ2v) is 9.69. The molecule has 1 atom stereocenters. The predicted octanol–water partition coefficient (Wildman–Crippen LogP) is 2.07. The molecule has 1 saturated heterocycles. The van der Waals surface area contributed by atoms with Crippen LogP contribution in [0.1, 0.15) is 12.8 Å². The first kappa shape index (κ1) is 22.9. The zero-order chi connectivity index (χ0) is 23.6. The average Bonchev–Trinajstić information content (AvgIpc) is 2.83. The molecule has 4 rings (SSSR count). The van der Waals surface area contributed by atoms with Crippen LogP contribution in [0.3, 0.4) is 0 Å². The fourth-order valence-electron chi connectivity index (χ4n) is 3.89. The third kappa shape index (κ3) is 4.74. The van der Waals surface area contributed by atoms with Gasteiger partial charge in [0.1, 0.15) is 17.2 Å². The van der Waals surface area contributed by atoms with E-state index < -0.39 is 15.9 Å². The largest absolute Gasteiger partial charge is 0.497 e. The van der Waals surface area contributed by atoms with Crippen LogP contribution in [0.25, 0.3) is 0 Å². The van der Waals surface area contributed by atoms with E-state index in [2.05, 4.69) is 10.6 Å². The number of carbonyl (C=O) groups is 2. The maximum Gasteiger partial charge on any atom is 0.262 e. The SMILES string of the molecule is COc1ccc(OC)c(NC(=O)[C@H]2CCCN(S(=O)(=O)c3ccc4c(c3)NC(=O)CO4)C2)c1. The number of methoxy groups -OCH3 is 2. The summed E-state index contributed by atoms with van der Waals surface area (Å²) in [4.78, 5) is 24.6. The number of rotatable bonds is 6. The number of carbonyl (C=O) groups excluding carboxylic acids is 2. The second-order valence-electron chi connectivity index (χ2n) is 7.75. The van der Waals surface area contributed by atoms with E-state index in [0.29, 0.717) is 48.0 Å². The summed E-state index contributed by atoms with van der Waals surface area (Å²) in [6.07, 6.45) is 1.09. The Bertz CT molecular complexity index is 1180. The van der Waals surface area contributed by atoms with Crippen LogP contribution in [0.5, 0.6) is 17.2 Å². The minimum Gasteiger partial charge on any atom is -0.497 e. The molecule has 2 aliphatic rings. The minimum absolute atomic E-state index is 0.0302. The molecule has 2 aromatic carbocycles. The Morgan fingerprint density at radius 3 is 2.76 bits per heavy atom. The van der Waals surface area contributed by atoms with Gasteiger partial charge in [0, 0.05) is 19.2 Å². The molecular formula is C22H25N3O7S. The van der Waals surface area contributed by atoms with Gasteiger partial charge < -0.3 is 24.8 Å². The van der Waals surface area contributed by atoms with Crippen molar-refractivity contribution in [3.63, 3.8) is 0 Å². The Morgan fingerprint density at radius 2 is 2.00 bits per heavy atom. The van der Waals surface area contributed by atoms with Crippen LogP contribution in [0.4, 0.5) is 11.4 Å². The maximum atomic E-state index is 13.3. The van der Waals surface area contributed by atoms with E-state index in [-0.39, 0.29) is 29.9 Å². The number of nitrogens with one attached hydrogen (secondary N) is 2. The molecule has 0 radical (unpaired) electrons. The smallest absolute Gasteiger partial charge is 0.262 e. The average molecular weight is 476 g/mol. The number of sulfonamides is 1. The zero-order valence-electron chi connectivity index (χ0n) is 18.3. The number of amides is 2. The molecule has 0 unspecified atom stereocenters. The molecule has 2 N–H and O–H groups in total. The lowest BCUT2D eigenvalue weighted by Crippen LogP contribution is -2.43. The summed E-state index contributed by atoms with van der Waals surface area (Å²) in [6.45, 7) is 0.231. The Labute approximate surface area is 191 Å². The molecule has 2 aliphatic heterocycles. The van der Waals surface area contributed by atoms with Gasteiger partial charge in [-0.15, -0.1) is 0 Å². The Kier molecular flexibility index (Phi) is 6.43. The summed E-state index contributed by atoms with van der Waals surface area (Å²) in [5.74, 6) is 0.263. The number of nitrogens with zero attached hydrogens (tertiary/aromatic N) is 1. The molecule has 2 aromatic rings. The van der Waals surface area contributed by atoms with Crippen LogP contribution < -0.4 is 24.8 Å². The lowest BCUT2D eigenvalue weighted by molar-refractivity contribution is -0.121. The highest BCUT2D eigenvalue weighted by Gasteiger charge is 2.34. The molecule has 33 heavy (non-hydrogen) atoms. The van der Waals surface area contributed by atoms with Crippen LogP contribution in [-0.2, 0) is 19.6 Å². The van der Waals surface area contributed by atoms with Crippen molar-refractivity contribution in [2.45, 2.75) is 17.7 Å². The molecule has 10 nitrogen and oxygen atoms in total. The number of fused-ring (bicyclic) bond motifs is 1. The van der Waals surface area contributed by atoms with Crippen LogP contribution in [0.2, 0.25) is 0 Å². The van der Waals surface area contributed by atoms with Crippen molar-refractivity contribution in [3.05, 3.63) is 36.4 Å². The van der Waals surface area contributed by atoms with Crippen molar-refractivity contribution in [3.8, 4) is 17.2 Å². The quantitative estimate of drug-likeness (QED) is 0.656. The molecule has 0 aromatic heterocycles. The Hall–Kier alpha value is -3.31. The minimum atomic E-state index is -3.87. The van der Waals surface area contributed by atoms with Gasteiger partial charge in [-0.25, -0.2) is 8.42 Å². The van der Waals surface area contributed by atoms with Crippen molar-refractivity contribution in [2.24, 2.45) is 5.92 Å². The molecule has 2 amide bonds. The van der Waals surface area contributed by atoms with E-state index >= 15 is 0 Å². The number of piperidine rings is 1. The van der Waals surface area contributed by atoms with Gasteiger partial charge in [-0.05, 0) is 43.2 Å². The second kappa shape index (κ2) is 9.28. The third-order valence-corrected chi connectivity index (χ3v) is 7.50. The topological polar surface area (TPSA) is 123 Å². The van der Waals surface area contributed by atoms with E-state index in [4.69, 9.17) is 14.2 Å². The normalized spacial score (nSPS) is 18.5. The summed E-state index contributed by atoms with van der Waals surface area (Å²) in [6, 6.07) is 9.39. The van der Waals surface area contributed by atoms with Crippen LogP contribution >= 0.6 is 0 Å². The summed E-state index contributed by atoms with van der Waals surface area (Å²) in [7, 11) is -0.852. The van der Waals surface area contributed by atoms with Crippen LogP contribution in [0, 0.1) is 5.92 Å². The van der Waals surface area contributed by atoms with Gasteiger partial charge in [-0.2, -0.15) is 4.31 Å². The van der Waals surface area contributed by atoms with Gasteiger partial charge in [0.25, 0.3) is 5.91 Å². The van der Waals surface area contributed by atoms with Gasteiger partial charge in [0.2, 0.25) is 15.9 Å². The standard InChI is InChI=1S/C22H25N3O7S/c1-30-15-5-7-19(31-2)17(10-15)24-22(27)14-4-3-9-25(12-14)33(28,29)16-6-8-20-18(11-16)23-21(26)13-32-20/h5-8,10-11,14H,3-4,9,12-13H2,1-2H3,(H,23,26)(H,24,27)/t14-/m0/s1. The molecule has 0 aliphatic carbocycles. The summed E-state index contributed by atoms with van der Waals surface area (Å²) in [5.41, 5.74) is 0.760. The van der Waals surface area contributed by atoms with Crippen molar-refractivity contribution in [1.29, 1.82) is 0 Å². The highest BCUT2D eigenvalue weighted by Crippen LogP contribution is 2.33. The number of ether oxygens (including phenoxy) is 3. The Balaban J connectivity index is 1.51. The van der Waals surface area contributed by atoms with Crippen molar-refractivity contribution >= 4 is 33.2 Å². The van der Waals surface area contributed by atoms with Gasteiger partial charge >= 0.3 is 0 Å². The van der Waals surface area contributed by atoms with Crippen molar-refractivity contribution in [2.75, 3.05) is 44.5 Å². The number of hydrogen-bond acceptors (Lipinski definition) is 7. The third-order valence-electron chi connectivity index (χ3n) is 5.64. The van der Waals surface area contributed by atoms with Gasteiger partial charge in [-0.1, -0.05) is 0 Å². The fraction of sp³-hybridized carbons (Fsp3) is 0.364. The lowest BCUT2D eigenvalue weighted by Gasteiger charge is -2.31. The molecule has 1 fully saturated rings. The van der Waals surface area contributed by atoms with Gasteiger partial charge in [-0.3, -0.25) is 9.59 Å². The molecule has 176 valence electrons. The van der Waals surface area contributed by atoms with E-state index in [9.17, 15) is 18.0 Å². The first-order valence-electron chi connectivity index (χ1n) is 10.4. The molecule has 0 bridgehead atoms. The molecule has 11 heteroatoms. The molecule has 0 spiro atoms. The van der Waals surface area contributed by atoms with Gasteiger partial charge in [0.15, 0.2) is 6.61 Å². The van der Waals surface area contributed by atoms with Crippen LogP contribution in [0.15, 0.2) is 41.3 Å². The summed E-state index contributed by atoms with van der Waals surface area (Å²) < 4.78 is 43.6. The molecular weight excluding hydrogens is 450 g/mol. The first-order valence-corrected chi connectivity index (χ1v) is 11.9. The number of benzene rings is 2. The maximum absolute atomic E-state index is 13.3. The van der Waals surface area contributed by atoms with E-state index in [1.165, 1.54) is 36.7 Å². The fourth-order valence-corrected chi connectivity index (χ4v) is 5.44. The van der Waals surface area contributed by atoms with Crippen molar-refractivity contribution in [1.82, 2.24) is 4.31 Å². The summed E-state index contributed by atoms with van der Waals surface area (Å²) in [5, 5.41) is 5.45. The summed E-state index contributed by atoms with van der Waals surface area (Å²) >= 11 is 0. The van der Waals surface area contributed by atoms with E-state index in [1.54, 1.807) is 18.2 Å². The lowest BCUT2D eigenvalue weighted by atomic mass is 9.98. The monoisotopic (exact) mass is 475 g/mol.